The van der Waals surface area contributed by atoms with Gasteiger partial charge in [0, 0.05) is 6.07 Å². The Morgan fingerprint density at radius 1 is 1.41 bits per heavy atom. The Morgan fingerprint density at radius 3 is 2.86 bits per heavy atom. The lowest BCUT2D eigenvalue weighted by molar-refractivity contribution is -0.380. The van der Waals surface area contributed by atoms with E-state index in [-0.39, 0.29) is 17.3 Å². The molecule has 10 heteroatoms. The molecule has 2 rings (SSSR count). The average molecular weight is 322 g/mol. The second-order valence-corrected chi connectivity index (χ2v) is 4.98. The number of hydrogen-bond donors (Lipinski definition) is 2. The molecule has 0 bridgehead atoms. The number of hydrogen-bond acceptors (Lipinski definition) is 7. The molecule has 0 aliphatic heterocycles. The highest BCUT2D eigenvalue weighted by Gasteiger charge is 2.10. The van der Waals surface area contributed by atoms with E-state index in [2.05, 4.69) is 15.8 Å². The second kappa shape index (κ2) is 7.13. The summed E-state index contributed by atoms with van der Waals surface area (Å²) in [6.07, 6.45) is 2.63. The largest absolute Gasteiger partial charge is 0.459 e. The summed E-state index contributed by atoms with van der Waals surface area (Å²) in [5.74, 6) is -0.956. The van der Waals surface area contributed by atoms with Gasteiger partial charge in [-0.2, -0.15) is 5.10 Å². The lowest BCUT2D eigenvalue weighted by Gasteiger charge is -2.01. The Bertz CT molecular complexity index is 707. The first-order valence-corrected chi connectivity index (χ1v) is 6.76. The van der Waals surface area contributed by atoms with E-state index in [0.717, 1.165) is 11.3 Å². The number of nitrogens with zero attached hydrogens (tertiary/aromatic N) is 2. The van der Waals surface area contributed by atoms with Crippen molar-refractivity contribution in [1.29, 1.82) is 0 Å². The van der Waals surface area contributed by atoms with E-state index in [1.807, 2.05) is 0 Å². The van der Waals surface area contributed by atoms with Gasteiger partial charge in [-0.15, -0.1) is 0 Å². The maximum Gasteiger partial charge on any atom is 0.324 e. The van der Waals surface area contributed by atoms with Crippen molar-refractivity contribution >= 4 is 34.4 Å². The molecule has 2 aromatic heterocycles. The number of nitrogens with one attached hydrogen (secondary N) is 2. The van der Waals surface area contributed by atoms with Crippen molar-refractivity contribution in [3.8, 4) is 0 Å². The van der Waals surface area contributed by atoms with Crippen molar-refractivity contribution < 1.29 is 18.9 Å². The second-order valence-electron chi connectivity index (χ2n) is 3.89. The summed E-state index contributed by atoms with van der Waals surface area (Å²) in [4.78, 5) is 33.4. The molecule has 9 nitrogen and oxygen atoms in total. The van der Waals surface area contributed by atoms with Gasteiger partial charge in [0.15, 0.2) is 5.76 Å². The third-order valence-electron chi connectivity index (χ3n) is 2.33. The summed E-state index contributed by atoms with van der Waals surface area (Å²) in [6, 6.07) is 5.88. The molecule has 2 aromatic rings. The van der Waals surface area contributed by atoms with Crippen molar-refractivity contribution in [3.63, 3.8) is 0 Å². The van der Waals surface area contributed by atoms with Gasteiger partial charge in [0.25, 0.3) is 11.8 Å². The monoisotopic (exact) mass is 322 g/mol. The van der Waals surface area contributed by atoms with E-state index in [0.29, 0.717) is 4.88 Å². The van der Waals surface area contributed by atoms with Gasteiger partial charge in [-0.05, 0) is 18.2 Å². The number of hydrazone groups is 1. The number of furan rings is 1. The zero-order valence-corrected chi connectivity index (χ0v) is 11.8. The molecule has 114 valence electrons. The van der Waals surface area contributed by atoms with Crippen LogP contribution < -0.4 is 10.7 Å². The fourth-order valence-corrected chi connectivity index (χ4v) is 2.07. The number of rotatable bonds is 6. The Morgan fingerprint density at radius 2 is 2.23 bits per heavy atom. The highest BCUT2D eigenvalue weighted by Crippen LogP contribution is 2.22. The van der Waals surface area contributed by atoms with E-state index in [9.17, 15) is 19.7 Å². The molecule has 0 aliphatic carbocycles. The third kappa shape index (κ3) is 4.24. The molecule has 2 N–H and O–H groups in total. The fraction of sp³-hybridized carbons (Fsp3) is 0.0833. The predicted octanol–water partition coefficient (Wildman–Crippen LogP) is 1.13. The van der Waals surface area contributed by atoms with Gasteiger partial charge >= 0.3 is 5.00 Å². The molecule has 0 saturated heterocycles. The van der Waals surface area contributed by atoms with Crippen LogP contribution in [0.3, 0.4) is 0 Å². The Kier molecular flexibility index (Phi) is 4.98. The van der Waals surface area contributed by atoms with Gasteiger partial charge in [0.2, 0.25) is 0 Å². The quantitative estimate of drug-likeness (QED) is 0.468. The summed E-state index contributed by atoms with van der Waals surface area (Å²) in [5, 5.41) is 16.5. The molecular weight excluding hydrogens is 312 g/mol. The van der Waals surface area contributed by atoms with Crippen LogP contribution in [0.2, 0.25) is 0 Å². The molecule has 0 unspecified atom stereocenters. The van der Waals surface area contributed by atoms with E-state index in [1.165, 1.54) is 30.7 Å². The topological polar surface area (TPSA) is 127 Å². The molecule has 0 saturated carbocycles. The number of carbonyl (C=O) groups excluding carboxylic acids is 2. The fourth-order valence-electron chi connectivity index (χ4n) is 1.37. The third-order valence-corrected chi connectivity index (χ3v) is 3.30. The molecule has 0 aromatic carbocycles. The Balaban J connectivity index is 1.76. The van der Waals surface area contributed by atoms with E-state index < -0.39 is 16.7 Å². The number of thiophene rings is 1. The molecule has 0 atom stereocenters. The number of amides is 2. The molecule has 22 heavy (non-hydrogen) atoms. The lowest BCUT2D eigenvalue weighted by Crippen LogP contribution is -2.34. The summed E-state index contributed by atoms with van der Waals surface area (Å²) >= 11 is 0.927. The molecule has 2 heterocycles. The highest BCUT2D eigenvalue weighted by molar-refractivity contribution is 7.16. The summed E-state index contributed by atoms with van der Waals surface area (Å²) in [5.41, 5.74) is 2.19. The maximum absolute atomic E-state index is 11.5. The first-order chi connectivity index (χ1) is 10.6. The van der Waals surface area contributed by atoms with Crippen LogP contribution in [-0.2, 0) is 4.79 Å². The first-order valence-electron chi connectivity index (χ1n) is 5.94. The average Bonchev–Trinajstić information content (AvgIpc) is 3.16. The van der Waals surface area contributed by atoms with Crippen molar-refractivity contribution in [2.75, 3.05) is 6.54 Å². The molecular formula is C12H10N4O5S. The molecule has 0 aliphatic rings. The molecule has 0 fully saturated rings. The highest BCUT2D eigenvalue weighted by atomic mass is 32.1. The summed E-state index contributed by atoms with van der Waals surface area (Å²) < 4.78 is 4.86. The van der Waals surface area contributed by atoms with E-state index >= 15 is 0 Å². The van der Waals surface area contributed by atoms with Gasteiger partial charge in [0.1, 0.15) is 0 Å². The standard InChI is InChI=1S/C12H10N4O5S/c17-10(7-13-12(18)9-2-1-5-21-9)15-14-6-8-3-4-11(22-8)16(19)20/h1-6H,7H2,(H,13,18)(H,15,17)/b14-6+. The van der Waals surface area contributed by atoms with Crippen molar-refractivity contribution in [2.45, 2.75) is 0 Å². The SMILES string of the molecule is O=C(CNC(=O)c1ccco1)N/N=C/c1ccc([N+](=O)[O-])s1. The van der Waals surface area contributed by atoms with Crippen LogP contribution in [0.25, 0.3) is 0 Å². The smallest absolute Gasteiger partial charge is 0.324 e. The molecule has 2 amide bonds. The Labute approximate surface area is 127 Å². The van der Waals surface area contributed by atoms with Gasteiger partial charge in [-0.1, -0.05) is 11.3 Å². The lowest BCUT2D eigenvalue weighted by atomic mass is 10.4. The minimum Gasteiger partial charge on any atom is -0.459 e. The van der Waals surface area contributed by atoms with Gasteiger partial charge < -0.3 is 9.73 Å². The van der Waals surface area contributed by atoms with Crippen molar-refractivity contribution in [3.05, 3.63) is 51.3 Å². The van der Waals surface area contributed by atoms with Crippen molar-refractivity contribution in [2.24, 2.45) is 5.10 Å². The first kappa shape index (κ1) is 15.4. The van der Waals surface area contributed by atoms with Crippen molar-refractivity contribution in [1.82, 2.24) is 10.7 Å². The van der Waals surface area contributed by atoms with Gasteiger partial charge in [-0.3, -0.25) is 19.7 Å². The zero-order chi connectivity index (χ0) is 15.9. The normalized spacial score (nSPS) is 10.5. The summed E-state index contributed by atoms with van der Waals surface area (Å²) in [6.45, 7) is -0.276. The zero-order valence-electron chi connectivity index (χ0n) is 11.0. The van der Waals surface area contributed by atoms with Crippen LogP contribution >= 0.6 is 11.3 Å². The van der Waals surface area contributed by atoms with Crippen LogP contribution in [0.15, 0.2) is 40.0 Å². The molecule has 0 radical (unpaired) electrons. The maximum atomic E-state index is 11.5. The van der Waals surface area contributed by atoms with Crippen LogP contribution in [0, 0.1) is 10.1 Å². The van der Waals surface area contributed by atoms with Gasteiger partial charge in [0.05, 0.1) is 28.8 Å². The van der Waals surface area contributed by atoms with Crippen LogP contribution in [0.5, 0.6) is 0 Å². The summed E-state index contributed by atoms with van der Waals surface area (Å²) in [7, 11) is 0. The Hall–Kier alpha value is -3.01. The van der Waals surface area contributed by atoms with Crippen LogP contribution in [0.4, 0.5) is 5.00 Å². The minimum absolute atomic E-state index is 0.0153. The predicted molar refractivity (Wildman–Crippen MR) is 77.8 cm³/mol. The number of carbonyl (C=O) groups is 2. The van der Waals surface area contributed by atoms with Crippen LogP contribution in [-0.4, -0.2) is 29.5 Å². The minimum atomic E-state index is -0.540. The molecule has 0 spiro atoms. The van der Waals surface area contributed by atoms with E-state index in [1.54, 1.807) is 6.07 Å². The number of nitro groups is 1. The van der Waals surface area contributed by atoms with E-state index in [4.69, 9.17) is 4.42 Å². The van der Waals surface area contributed by atoms with Gasteiger partial charge in [-0.25, -0.2) is 5.43 Å². The van der Waals surface area contributed by atoms with Crippen LogP contribution in [0.1, 0.15) is 15.4 Å².